The summed E-state index contributed by atoms with van der Waals surface area (Å²) in [5.74, 6) is 0.242. The third-order valence-corrected chi connectivity index (χ3v) is 3.81. The number of carbonyl (C=O) groups excluding carboxylic acids is 1. The number of carbonyl (C=O) groups is 1. The number of hydrogen-bond acceptors (Lipinski definition) is 2. The Balaban J connectivity index is 2.68. The fourth-order valence-electron chi connectivity index (χ4n) is 1.42. The van der Waals surface area contributed by atoms with Gasteiger partial charge in [0.15, 0.2) is 0 Å². The van der Waals surface area contributed by atoms with E-state index >= 15 is 0 Å². The van der Waals surface area contributed by atoms with Crippen molar-refractivity contribution in [1.82, 2.24) is 0 Å². The van der Waals surface area contributed by atoms with Gasteiger partial charge in [-0.1, -0.05) is 41.9 Å². The molecule has 0 aliphatic carbocycles. The molecule has 0 saturated carbocycles. The van der Waals surface area contributed by atoms with Crippen molar-refractivity contribution in [2.75, 3.05) is 12.4 Å². The number of halogens is 1. The Labute approximate surface area is 111 Å². The second-order valence-electron chi connectivity index (χ2n) is 4.27. The molecule has 0 fully saturated rings. The van der Waals surface area contributed by atoms with Crippen molar-refractivity contribution in [1.29, 1.82) is 0 Å². The molecule has 3 nitrogen and oxygen atoms in total. The fraction of sp³-hybridized carbons (Fsp3) is 0.462. The minimum atomic E-state index is -0.173. The molecule has 1 amide bonds. The Morgan fingerprint density at radius 2 is 2.18 bits per heavy atom. The van der Waals surface area contributed by atoms with Crippen LogP contribution < -0.4 is 5.32 Å². The molecular weight excluding hydrogens is 282 g/mol. The third kappa shape index (κ3) is 4.48. The van der Waals surface area contributed by atoms with Gasteiger partial charge in [0.1, 0.15) is 0 Å². The number of ether oxygens (including phenoxy) is 1. The van der Waals surface area contributed by atoms with E-state index in [9.17, 15) is 4.79 Å². The smallest absolute Gasteiger partial charge is 0.238 e. The van der Waals surface area contributed by atoms with Gasteiger partial charge in [0, 0.05) is 12.8 Å². The lowest BCUT2D eigenvalue weighted by Crippen LogP contribution is -2.26. The van der Waals surface area contributed by atoms with Gasteiger partial charge in [-0.2, -0.15) is 0 Å². The van der Waals surface area contributed by atoms with Gasteiger partial charge >= 0.3 is 0 Å². The average molecular weight is 300 g/mol. The number of benzene rings is 1. The summed E-state index contributed by atoms with van der Waals surface area (Å²) in [6.45, 7) is 4.55. The molecule has 0 aliphatic heterocycles. The molecule has 1 aromatic rings. The van der Waals surface area contributed by atoms with Crippen molar-refractivity contribution < 1.29 is 9.53 Å². The normalized spacial score (nSPS) is 12.5. The predicted octanol–water partition coefficient (Wildman–Crippen LogP) is 3.19. The monoisotopic (exact) mass is 299 g/mol. The van der Waals surface area contributed by atoms with Gasteiger partial charge in [0.05, 0.1) is 11.4 Å². The molecular formula is C13H18BrNO2. The van der Waals surface area contributed by atoms with Crippen LogP contribution in [0.15, 0.2) is 24.3 Å². The molecule has 1 atom stereocenters. The van der Waals surface area contributed by atoms with E-state index in [1.165, 1.54) is 0 Å². The molecule has 0 bridgehead atoms. The van der Waals surface area contributed by atoms with Crippen LogP contribution in [0.4, 0.5) is 5.69 Å². The van der Waals surface area contributed by atoms with Crippen LogP contribution >= 0.6 is 15.9 Å². The van der Waals surface area contributed by atoms with Crippen LogP contribution in [0.2, 0.25) is 0 Å². The number of alkyl halides is 1. The second kappa shape index (κ2) is 6.77. The van der Waals surface area contributed by atoms with Crippen molar-refractivity contribution in [2.24, 2.45) is 5.92 Å². The molecule has 94 valence electrons. The van der Waals surface area contributed by atoms with E-state index < -0.39 is 0 Å². The lowest BCUT2D eigenvalue weighted by atomic mass is 10.1. The van der Waals surface area contributed by atoms with Gasteiger partial charge in [-0.15, -0.1) is 0 Å². The number of anilines is 1. The Morgan fingerprint density at radius 3 is 2.76 bits per heavy atom. The highest BCUT2D eigenvalue weighted by molar-refractivity contribution is 9.10. The lowest BCUT2D eigenvalue weighted by molar-refractivity contribution is -0.116. The van der Waals surface area contributed by atoms with E-state index in [0.29, 0.717) is 6.61 Å². The van der Waals surface area contributed by atoms with Crippen molar-refractivity contribution in [3.8, 4) is 0 Å². The number of methoxy groups -OCH3 is 1. The lowest BCUT2D eigenvalue weighted by Gasteiger charge is -2.14. The Hall–Kier alpha value is -0.870. The molecule has 0 heterocycles. The SMILES string of the molecule is COCc1cccc(NC(=O)C(Br)C(C)C)c1. The summed E-state index contributed by atoms with van der Waals surface area (Å²) in [5, 5.41) is 2.88. The topological polar surface area (TPSA) is 38.3 Å². The highest BCUT2D eigenvalue weighted by Crippen LogP contribution is 2.16. The summed E-state index contributed by atoms with van der Waals surface area (Å²) in [7, 11) is 1.65. The summed E-state index contributed by atoms with van der Waals surface area (Å²) < 4.78 is 5.05. The molecule has 0 aliphatic rings. The minimum absolute atomic E-state index is 0.0189. The fourth-order valence-corrected chi connectivity index (χ4v) is 1.53. The molecule has 0 aromatic heterocycles. The van der Waals surface area contributed by atoms with Crippen LogP contribution in [-0.2, 0) is 16.1 Å². The van der Waals surface area contributed by atoms with Crippen molar-refractivity contribution in [3.05, 3.63) is 29.8 Å². The summed E-state index contributed by atoms with van der Waals surface area (Å²) >= 11 is 3.38. The summed E-state index contributed by atoms with van der Waals surface area (Å²) in [4.78, 5) is 11.7. The maximum Gasteiger partial charge on any atom is 0.238 e. The van der Waals surface area contributed by atoms with Gasteiger partial charge in [-0.25, -0.2) is 0 Å². The molecule has 0 radical (unpaired) electrons. The van der Waals surface area contributed by atoms with Crippen molar-refractivity contribution in [3.63, 3.8) is 0 Å². The van der Waals surface area contributed by atoms with Gasteiger partial charge < -0.3 is 10.1 Å². The van der Waals surface area contributed by atoms with E-state index in [2.05, 4.69) is 21.2 Å². The van der Waals surface area contributed by atoms with E-state index in [1.807, 2.05) is 38.1 Å². The van der Waals surface area contributed by atoms with Gasteiger partial charge in [-0.05, 0) is 23.6 Å². The number of amides is 1. The second-order valence-corrected chi connectivity index (χ2v) is 5.25. The molecule has 1 aromatic carbocycles. The van der Waals surface area contributed by atoms with Gasteiger partial charge in [0.2, 0.25) is 5.91 Å². The first kappa shape index (κ1) is 14.2. The Bertz CT molecular complexity index is 379. The Kier molecular flexibility index (Phi) is 5.65. The molecule has 0 saturated heterocycles. The van der Waals surface area contributed by atoms with Crippen LogP contribution in [0.25, 0.3) is 0 Å². The highest BCUT2D eigenvalue weighted by Gasteiger charge is 2.18. The number of rotatable bonds is 5. The van der Waals surface area contributed by atoms with Gasteiger partial charge in [-0.3, -0.25) is 4.79 Å². The number of hydrogen-bond donors (Lipinski definition) is 1. The van der Waals surface area contributed by atoms with E-state index in [-0.39, 0.29) is 16.7 Å². The minimum Gasteiger partial charge on any atom is -0.380 e. The van der Waals surface area contributed by atoms with Crippen LogP contribution in [-0.4, -0.2) is 17.8 Å². The first-order valence-electron chi connectivity index (χ1n) is 5.57. The molecule has 1 unspecified atom stereocenters. The number of nitrogens with one attached hydrogen (secondary N) is 1. The van der Waals surface area contributed by atoms with E-state index in [4.69, 9.17) is 4.74 Å². The van der Waals surface area contributed by atoms with Crippen LogP contribution in [0, 0.1) is 5.92 Å². The Morgan fingerprint density at radius 1 is 1.47 bits per heavy atom. The zero-order valence-electron chi connectivity index (χ0n) is 10.4. The molecule has 1 rings (SSSR count). The summed E-state index contributed by atoms with van der Waals surface area (Å²) in [6, 6.07) is 7.66. The molecule has 17 heavy (non-hydrogen) atoms. The zero-order valence-corrected chi connectivity index (χ0v) is 12.0. The summed E-state index contributed by atoms with van der Waals surface area (Å²) in [6.07, 6.45) is 0. The highest BCUT2D eigenvalue weighted by atomic mass is 79.9. The zero-order chi connectivity index (χ0) is 12.8. The van der Waals surface area contributed by atoms with Crippen LogP contribution in [0.5, 0.6) is 0 Å². The van der Waals surface area contributed by atoms with Crippen LogP contribution in [0.3, 0.4) is 0 Å². The standard InChI is InChI=1S/C13H18BrNO2/c1-9(2)12(14)13(16)15-11-6-4-5-10(7-11)8-17-3/h4-7,9,12H,8H2,1-3H3,(H,15,16). The molecule has 0 spiro atoms. The first-order valence-corrected chi connectivity index (χ1v) is 6.49. The maximum atomic E-state index is 11.8. The largest absolute Gasteiger partial charge is 0.380 e. The van der Waals surface area contributed by atoms with Crippen molar-refractivity contribution in [2.45, 2.75) is 25.3 Å². The van der Waals surface area contributed by atoms with E-state index in [0.717, 1.165) is 11.3 Å². The van der Waals surface area contributed by atoms with Crippen LogP contribution in [0.1, 0.15) is 19.4 Å². The summed E-state index contributed by atoms with van der Waals surface area (Å²) in [5.41, 5.74) is 1.84. The quantitative estimate of drug-likeness (QED) is 0.848. The average Bonchev–Trinajstić information content (AvgIpc) is 2.28. The van der Waals surface area contributed by atoms with E-state index in [1.54, 1.807) is 7.11 Å². The van der Waals surface area contributed by atoms with Crippen molar-refractivity contribution >= 4 is 27.5 Å². The molecule has 4 heteroatoms. The third-order valence-electron chi connectivity index (χ3n) is 2.34. The maximum absolute atomic E-state index is 11.8. The first-order chi connectivity index (χ1) is 8.04. The van der Waals surface area contributed by atoms with Gasteiger partial charge in [0.25, 0.3) is 0 Å². The molecule has 1 N–H and O–H groups in total. The predicted molar refractivity (Wildman–Crippen MR) is 73.3 cm³/mol.